The maximum atomic E-state index is 14.7. The van der Waals surface area contributed by atoms with Crippen LogP contribution in [0.15, 0.2) is 67.3 Å². The highest BCUT2D eigenvalue weighted by Gasteiger charge is 2.10. The van der Waals surface area contributed by atoms with E-state index in [1.807, 2.05) is 24.3 Å². The Morgan fingerprint density at radius 1 is 0.955 bits per heavy atom. The monoisotopic (exact) mass is 294 g/mol. The normalized spacial score (nSPS) is 10.8. The van der Waals surface area contributed by atoms with E-state index in [0.717, 1.165) is 23.8 Å². The molecule has 0 amide bonds. The Labute approximate surface area is 128 Å². The van der Waals surface area contributed by atoms with E-state index in [1.54, 1.807) is 24.3 Å². The molecule has 0 N–H and O–H groups in total. The molecule has 0 heterocycles. The second-order valence-electron chi connectivity index (χ2n) is 5.32. The Balaban J connectivity index is 2.08. The van der Waals surface area contributed by atoms with Crippen molar-refractivity contribution < 1.29 is 8.78 Å². The lowest BCUT2D eigenvalue weighted by molar-refractivity contribution is 0.627. The van der Waals surface area contributed by atoms with Gasteiger partial charge in [0.25, 0.3) is 0 Å². The number of allylic oxidation sites excluding steroid dienone is 1. The zero-order chi connectivity index (χ0) is 15.5. The van der Waals surface area contributed by atoms with E-state index in [4.69, 9.17) is 0 Å². The van der Waals surface area contributed by atoms with E-state index < -0.39 is 0 Å². The molecule has 0 spiro atoms. The Morgan fingerprint density at radius 3 is 2.59 bits per heavy atom. The molecule has 110 valence electrons. The van der Waals surface area contributed by atoms with Gasteiger partial charge in [0.15, 0.2) is 0 Å². The fourth-order valence-corrected chi connectivity index (χ4v) is 2.64. The summed E-state index contributed by atoms with van der Waals surface area (Å²) in [5.41, 5.74) is 2.13. The molecule has 0 radical (unpaired) electrons. The minimum Gasteiger partial charge on any atom is -0.207 e. The summed E-state index contributed by atoms with van der Waals surface area (Å²) in [5, 5.41) is 1.42. The number of rotatable bonds is 4. The average molecular weight is 294 g/mol. The van der Waals surface area contributed by atoms with Crippen molar-refractivity contribution in [2.24, 2.45) is 0 Å². The third-order valence-electron chi connectivity index (χ3n) is 3.79. The van der Waals surface area contributed by atoms with Gasteiger partial charge in [-0.25, -0.2) is 8.78 Å². The fourth-order valence-electron chi connectivity index (χ4n) is 2.64. The standard InChI is InChI=1S/C20H16F2/c1-2-3-5-14-8-10-18-16(12-14)9-11-19(20(18)22)15-6-4-7-17(21)13-15/h2,4,6-13H,1,3,5H2. The van der Waals surface area contributed by atoms with Gasteiger partial charge in [0, 0.05) is 10.9 Å². The zero-order valence-electron chi connectivity index (χ0n) is 12.2. The van der Waals surface area contributed by atoms with E-state index >= 15 is 0 Å². The molecule has 3 aromatic carbocycles. The Bertz CT molecular complexity index is 834. The molecule has 2 heteroatoms. The Kier molecular flexibility index (Phi) is 4.01. The van der Waals surface area contributed by atoms with Gasteiger partial charge in [0.2, 0.25) is 0 Å². The first-order chi connectivity index (χ1) is 10.7. The van der Waals surface area contributed by atoms with Crippen molar-refractivity contribution in [2.45, 2.75) is 12.8 Å². The number of halogens is 2. The van der Waals surface area contributed by atoms with Gasteiger partial charge in [-0.2, -0.15) is 0 Å². The fraction of sp³-hybridized carbons (Fsp3) is 0.100. The maximum Gasteiger partial charge on any atom is 0.138 e. The Hall–Kier alpha value is -2.48. The highest BCUT2D eigenvalue weighted by Crippen LogP contribution is 2.30. The van der Waals surface area contributed by atoms with Crippen LogP contribution in [0.5, 0.6) is 0 Å². The van der Waals surface area contributed by atoms with E-state index in [2.05, 4.69) is 6.58 Å². The van der Waals surface area contributed by atoms with Crippen molar-refractivity contribution in [3.05, 3.63) is 84.5 Å². The molecule has 0 bridgehead atoms. The molecule has 0 atom stereocenters. The summed E-state index contributed by atoms with van der Waals surface area (Å²) < 4.78 is 28.1. The average Bonchev–Trinajstić information content (AvgIpc) is 2.53. The van der Waals surface area contributed by atoms with Crippen LogP contribution in [0.3, 0.4) is 0 Å². The molecule has 22 heavy (non-hydrogen) atoms. The third-order valence-corrected chi connectivity index (χ3v) is 3.79. The number of aryl methyl sites for hydroxylation is 1. The summed E-state index contributed by atoms with van der Waals surface area (Å²) in [5.74, 6) is -0.671. The van der Waals surface area contributed by atoms with Crippen LogP contribution in [0, 0.1) is 11.6 Å². The smallest absolute Gasteiger partial charge is 0.138 e. The van der Waals surface area contributed by atoms with Crippen LogP contribution in [-0.4, -0.2) is 0 Å². The molecule has 3 rings (SSSR count). The molecule has 0 nitrogen and oxygen atoms in total. The van der Waals surface area contributed by atoms with Crippen LogP contribution in [0.4, 0.5) is 8.78 Å². The van der Waals surface area contributed by atoms with Crippen LogP contribution >= 0.6 is 0 Å². The third kappa shape index (κ3) is 2.77. The molecule has 3 aromatic rings. The lowest BCUT2D eigenvalue weighted by Gasteiger charge is -2.09. The van der Waals surface area contributed by atoms with Crippen molar-refractivity contribution in [1.82, 2.24) is 0 Å². The SMILES string of the molecule is C=CCCc1ccc2c(F)c(-c3cccc(F)c3)ccc2c1. The van der Waals surface area contributed by atoms with Crippen molar-refractivity contribution in [3.8, 4) is 11.1 Å². The summed E-state index contributed by atoms with van der Waals surface area (Å²) in [6, 6.07) is 15.3. The van der Waals surface area contributed by atoms with Gasteiger partial charge in [0.1, 0.15) is 11.6 Å². The quantitative estimate of drug-likeness (QED) is 0.525. The van der Waals surface area contributed by atoms with Crippen LogP contribution in [0.2, 0.25) is 0 Å². The first kappa shape index (κ1) is 14.5. The highest BCUT2D eigenvalue weighted by atomic mass is 19.1. The molecule has 0 aliphatic rings. The van der Waals surface area contributed by atoms with Crippen LogP contribution in [-0.2, 0) is 6.42 Å². The molecule has 0 aliphatic heterocycles. The van der Waals surface area contributed by atoms with Gasteiger partial charge in [0.05, 0.1) is 0 Å². The minimum absolute atomic E-state index is 0.307. The summed E-state index contributed by atoms with van der Waals surface area (Å²) in [7, 11) is 0. The first-order valence-electron chi connectivity index (χ1n) is 7.27. The lowest BCUT2D eigenvalue weighted by Crippen LogP contribution is -1.90. The number of hydrogen-bond donors (Lipinski definition) is 0. The maximum absolute atomic E-state index is 14.7. The molecule has 0 aliphatic carbocycles. The highest BCUT2D eigenvalue weighted by molar-refractivity contribution is 5.88. The summed E-state index contributed by atoms with van der Waals surface area (Å²) in [6.45, 7) is 3.71. The van der Waals surface area contributed by atoms with Gasteiger partial charge < -0.3 is 0 Å². The van der Waals surface area contributed by atoms with Crippen LogP contribution in [0.1, 0.15) is 12.0 Å². The zero-order valence-corrected chi connectivity index (χ0v) is 12.2. The van der Waals surface area contributed by atoms with Crippen molar-refractivity contribution in [2.75, 3.05) is 0 Å². The van der Waals surface area contributed by atoms with Gasteiger partial charge in [-0.15, -0.1) is 6.58 Å². The second kappa shape index (κ2) is 6.10. The summed E-state index contributed by atoms with van der Waals surface area (Å²) in [4.78, 5) is 0. The molecule has 0 unspecified atom stereocenters. The van der Waals surface area contributed by atoms with Crippen LogP contribution in [0.25, 0.3) is 21.9 Å². The van der Waals surface area contributed by atoms with Crippen LogP contribution < -0.4 is 0 Å². The molecular weight excluding hydrogens is 278 g/mol. The predicted molar refractivity (Wildman–Crippen MR) is 87.8 cm³/mol. The lowest BCUT2D eigenvalue weighted by atomic mass is 9.98. The number of benzene rings is 3. The van der Waals surface area contributed by atoms with E-state index in [1.165, 1.54) is 12.1 Å². The topological polar surface area (TPSA) is 0 Å². The molecule has 0 aromatic heterocycles. The van der Waals surface area contributed by atoms with Crippen molar-refractivity contribution in [1.29, 1.82) is 0 Å². The number of fused-ring (bicyclic) bond motifs is 1. The first-order valence-corrected chi connectivity index (χ1v) is 7.27. The summed E-state index contributed by atoms with van der Waals surface area (Å²) >= 11 is 0. The Morgan fingerprint density at radius 2 is 1.82 bits per heavy atom. The van der Waals surface area contributed by atoms with E-state index in [9.17, 15) is 8.78 Å². The molecule has 0 saturated heterocycles. The van der Waals surface area contributed by atoms with Crippen molar-refractivity contribution in [3.63, 3.8) is 0 Å². The van der Waals surface area contributed by atoms with Gasteiger partial charge >= 0.3 is 0 Å². The molecule has 0 saturated carbocycles. The van der Waals surface area contributed by atoms with Crippen molar-refractivity contribution >= 4 is 10.8 Å². The van der Waals surface area contributed by atoms with Gasteiger partial charge in [-0.05, 0) is 41.5 Å². The molecule has 0 fully saturated rings. The van der Waals surface area contributed by atoms with Gasteiger partial charge in [-0.1, -0.05) is 48.5 Å². The largest absolute Gasteiger partial charge is 0.207 e. The minimum atomic E-state index is -0.364. The second-order valence-corrected chi connectivity index (χ2v) is 5.32. The van der Waals surface area contributed by atoms with E-state index in [-0.39, 0.29) is 11.6 Å². The summed E-state index contributed by atoms with van der Waals surface area (Å²) in [6.07, 6.45) is 3.67. The van der Waals surface area contributed by atoms with Gasteiger partial charge in [-0.3, -0.25) is 0 Å². The molecular formula is C20H16F2. The predicted octanol–water partition coefficient (Wildman–Crippen LogP) is 5.90. The number of hydrogen-bond acceptors (Lipinski definition) is 0. The van der Waals surface area contributed by atoms with E-state index in [0.29, 0.717) is 16.5 Å².